The quantitative estimate of drug-likeness (QED) is 0.878. The number of nitrogens with zero attached hydrogens (tertiary/aromatic N) is 1. The van der Waals surface area contributed by atoms with Gasteiger partial charge in [-0.2, -0.15) is 0 Å². The Morgan fingerprint density at radius 3 is 2.67 bits per heavy atom. The van der Waals surface area contributed by atoms with Crippen molar-refractivity contribution in [3.8, 4) is 5.75 Å². The summed E-state index contributed by atoms with van der Waals surface area (Å²) in [6.45, 7) is 8.05. The fourth-order valence-corrected chi connectivity index (χ4v) is 3.30. The number of nitrogens with one attached hydrogen (secondary N) is 1. The third-order valence-corrected chi connectivity index (χ3v) is 4.34. The zero-order valence-electron chi connectivity index (χ0n) is 11.3. The minimum Gasteiger partial charge on any atom is -0.496 e. The highest BCUT2D eigenvalue weighted by molar-refractivity contribution is 5.36. The molecular formula is C15H22N2O. The smallest absolute Gasteiger partial charge is 0.122 e. The SMILES string of the molecule is COc1cc(CN2C[C@H]3CNC[C@H]3C2)ccc1C. The van der Waals surface area contributed by atoms with Crippen molar-refractivity contribution in [3.63, 3.8) is 0 Å². The lowest BCUT2D eigenvalue weighted by atomic mass is 10.0. The van der Waals surface area contributed by atoms with E-state index in [1.807, 2.05) is 0 Å². The highest BCUT2D eigenvalue weighted by Crippen LogP contribution is 2.28. The van der Waals surface area contributed by atoms with Crippen LogP contribution in [0.2, 0.25) is 0 Å². The van der Waals surface area contributed by atoms with E-state index >= 15 is 0 Å². The molecule has 0 unspecified atom stereocenters. The van der Waals surface area contributed by atoms with Gasteiger partial charge >= 0.3 is 0 Å². The molecule has 1 N–H and O–H groups in total. The summed E-state index contributed by atoms with van der Waals surface area (Å²) in [4.78, 5) is 2.58. The summed E-state index contributed by atoms with van der Waals surface area (Å²) in [6, 6.07) is 6.57. The number of fused-ring (bicyclic) bond motifs is 1. The van der Waals surface area contributed by atoms with Crippen molar-refractivity contribution in [2.24, 2.45) is 11.8 Å². The summed E-state index contributed by atoms with van der Waals surface area (Å²) in [5, 5.41) is 3.49. The van der Waals surface area contributed by atoms with E-state index in [0.717, 1.165) is 24.1 Å². The molecule has 3 rings (SSSR count). The van der Waals surface area contributed by atoms with Crippen LogP contribution in [-0.4, -0.2) is 38.2 Å². The molecule has 18 heavy (non-hydrogen) atoms. The van der Waals surface area contributed by atoms with Gasteiger partial charge in [0.1, 0.15) is 5.75 Å². The van der Waals surface area contributed by atoms with Crippen molar-refractivity contribution in [1.29, 1.82) is 0 Å². The number of rotatable bonds is 3. The Bertz CT molecular complexity index is 421. The molecule has 3 heteroatoms. The van der Waals surface area contributed by atoms with Crippen LogP contribution in [0.15, 0.2) is 18.2 Å². The standard InChI is InChI=1S/C15H22N2O/c1-11-3-4-12(5-15(11)18-2)8-17-9-13-6-16-7-14(13)10-17/h3-5,13-14,16H,6-10H2,1-2H3/t13-,14+. The first-order valence-electron chi connectivity index (χ1n) is 6.83. The van der Waals surface area contributed by atoms with Crippen molar-refractivity contribution in [1.82, 2.24) is 10.2 Å². The zero-order valence-corrected chi connectivity index (χ0v) is 11.3. The molecule has 0 aromatic heterocycles. The van der Waals surface area contributed by atoms with E-state index < -0.39 is 0 Å². The Labute approximate surface area is 109 Å². The van der Waals surface area contributed by atoms with E-state index in [1.54, 1.807) is 7.11 Å². The molecule has 1 aromatic carbocycles. The number of aryl methyl sites for hydroxylation is 1. The van der Waals surface area contributed by atoms with Crippen LogP contribution in [0.3, 0.4) is 0 Å². The summed E-state index contributed by atoms with van der Waals surface area (Å²) in [6.07, 6.45) is 0. The van der Waals surface area contributed by atoms with E-state index in [2.05, 4.69) is 35.3 Å². The average molecular weight is 246 g/mol. The van der Waals surface area contributed by atoms with Crippen LogP contribution >= 0.6 is 0 Å². The van der Waals surface area contributed by atoms with Gasteiger partial charge in [0.15, 0.2) is 0 Å². The van der Waals surface area contributed by atoms with E-state index in [4.69, 9.17) is 4.74 Å². The van der Waals surface area contributed by atoms with Crippen LogP contribution in [0.1, 0.15) is 11.1 Å². The van der Waals surface area contributed by atoms with Gasteiger partial charge < -0.3 is 10.1 Å². The molecule has 2 saturated heterocycles. The van der Waals surface area contributed by atoms with Gasteiger partial charge in [0.2, 0.25) is 0 Å². The first-order chi connectivity index (χ1) is 8.76. The molecule has 2 heterocycles. The van der Waals surface area contributed by atoms with Crippen molar-refractivity contribution in [2.45, 2.75) is 13.5 Å². The van der Waals surface area contributed by atoms with E-state index in [0.29, 0.717) is 0 Å². The maximum Gasteiger partial charge on any atom is 0.122 e. The molecular weight excluding hydrogens is 224 g/mol. The molecule has 0 bridgehead atoms. The van der Waals surface area contributed by atoms with Gasteiger partial charge in [0.05, 0.1) is 7.11 Å². The number of hydrogen-bond donors (Lipinski definition) is 1. The molecule has 2 atom stereocenters. The molecule has 2 aliphatic heterocycles. The highest BCUT2D eigenvalue weighted by Gasteiger charge is 2.35. The minimum atomic E-state index is 0.873. The van der Waals surface area contributed by atoms with E-state index in [9.17, 15) is 0 Å². The Morgan fingerprint density at radius 1 is 1.28 bits per heavy atom. The summed E-state index contributed by atoms with van der Waals surface area (Å²) in [5.74, 6) is 2.75. The molecule has 3 nitrogen and oxygen atoms in total. The Kier molecular flexibility index (Phi) is 3.27. The van der Waals surface area contributed by atoms with Crippen LogP contribution in [-0.2, 0) is 6.54 Å². The number of methoxy groups -OCH3 is 1. The lowest BCUT2D eigenvalue weighted by Crippen LogP contribution is -2.25. The maximum absolute atomic E-state index is 5.40. The molecule has 98 valence electrons. The topological polar surface area (TPSA) is 24.5 Å². The lowest BCUT2D eigenvalue weighted by molar-refractivity contribution is 0.305. The fraction of sp³-hybridized carbons (Fsp3) is 0.600. The van der Waals surface area contributed by atoms with Gasteiger partial charge in [0, 0.05) is 19.6 Å². The molecule has 2 aliphatic rings. The van der Waals surface area contributed by atoms with E-state index in [-0.39, 0.29) is 0 Å². The highest BCUT2D eigenvalue weighted by atomic mass is 16.5. The normalized spacial score (nSPS) is 27.4. The van der Waals surface area contributed by atoms with Crippen LogP contribution in [0.5, 0.6) is 5.75 Å². The lowest BCUT2D eigenvalue weighted by Gasteiger charge is -2.17. The largest absolute Gasteiger partial charge is 0.496 e. The van der Waals surface area contributed by atoms with Crippen LogP contribution in [0, 0.1) is 18.8 Å². The van der Waals surface area contributed by atoms with Gasteiger partial charge in [-0.05, 0) is 49.0 Å². The number of ether oxygens (including phenoxy) is 1. The monoisotopic (exact) mass is 246 g/mol. The van der Waals surface area contributed by atoms with Gasteiger partial charge in [-0.1, -0.05) is 12.1 Å². The summed E-state index contributed by atoms with van der Waals surface area (Å²) in [7, 11) is 1.75. The zero-order chi connectivity index (χ0) is 12.5. The molecule has 0 spiro atoms. The average Bonchev–Trinajstić information content (AvgIpc) is 2.92. The molecule has 0 amide bonds. The maximum atomic E-state index is 5.40. The summed E-state index contributed by atoms with van der Waals surface area (Å²) in [5.41, 5.74) is 2.58. The second kappa shape index (κ2) is 4.90. The number of hydrogen-bond acceptors (Lipinski definition) is 3. The third kappa shape index (κ3) is 2.25. The predicted molar refractivity (Wildman–Crippen MR) is 72.9 cm³/mol. The van der Waals surface area contributed by atoms with Crippen molar-refractivity contribution in [3.05, 3.63) is 29.3 Å². The van der Waals surface area contributed by atoms with Gasteiger partial charge in [-0.25, -0.2) is 0 Å². The molecule has 2 fully saturated rings. The second-order valence-corrected chi connectivity index (χ2v) is 5.68. The number of likely N-dealkylation sites (tertiary alicyclic amines) is 1. The molecule has 0 radical (unpaired) electrons. The minimum absolute atomic E-state index is 0.873. The second-order valence-electron chi connectivity index (χ2n) is 5.68. The Hall–Kier alpha value is -1.06. The third-order valence-electron chi connectivity index (χ3n) is 4.34. The molecule has 0 aliphatic carbocycles. The van der Waals surface area contributed by atoms with Gasteiger partial charge in [-0.3, -0.25) is 4.90 Å². The molecule has 0 saturated carbocycles. The van der Waals surface area contributed by atoms with Gasteiger partial charge in [-0.15, -0.1) is 0 Å². The van der Waals surface area contributed by atoms with Crippen molar-refractivity contribution in [2.75, 3.05) is 33.3 Å². The van der Waals surface area contributed by atoms with Crippen molar-refractivity contribution < 1.29 is 4.74 Å². The first-order valence-corrected chi connectivity index (χ1v) is 6.83. The van der Waals surface area contributed by atoms with Crippen molar-refractivity contribution >= 4 is 0 Å². The Morgan fingerprint density at radius 2 is 2.00 bits per heavy atom. The van der Waals surface area contributed by atoms with Crippen LogP contribution in [0.25, 0.3) is 0 Å². The van der Waals surface area contributed by atoms with Gasteiger partial charge in [0.25, 0.3) is 0 Å². The van der Waals surface area contributed by atoms with Crippen LogP contribution < -0.4 is 10.1 Å². The first kappa shape index (κ1) is 12.0. The van der Waals surface area contributed by atoms with Crippen LogP contribution in [0.4, 0.5) is 0 Å². The Balaban J connectivity index is 1.66. The fourth-order valence-electron chi connectivity index (χ4n) is 3.30. The number of benzene rings is 1. The summed E-state index contributed by atoms with van der Waals surface area (Å²) < 4.78 is 5.40. The summed E-state index contributed by atoms with van der Waals surface area (Å²) >= 11 is 0. The van der Waals surface area contributed by atoms with E-state index in [1.165, 1.54) is 37.3 Å². The molecule has 1 aromatic rings. The predicted octanol–water partition coefficient (Wildman–Crippen LogP) is 1.65.